The average Bonchev–Trinajstić information content (AvgIpc) is 2.39. The maximum absolute atomic E-state index is 5.88. The molecule has 1 aromatic carbocycles. The lowest BCUT2D eigenvalue weighted by Crippen LogP contribution is -2.29. The van der Waals surface area contributed by atoms with Crippen LogP contribution in [-0.4, -0.2) is 13.1 Å². The van der Waals surface area contributed by atoms with Crippen LogP contribution < -0.4 is 5.32 Å². The first kappa shape index (κ1) is 9.91. The van der Waals surface area contributed by atoms with Crippen LogP contribution in [0.4, 0.5) is 0 Å². The van der Waals surface area contributed by atoms with Crippen molar-refractivity contribution < 1.29 is 4.74 Å². The van der Waals surface area contributed by atoms with Crippen LogP contribution in [0.2, 0.25) is 0 Å². The topological polar surface area (TPSA) is 21.3 Å². The number of rotatable bonds is 1. The van der Waals surface area contributed by atoms with Crippen molar-refractivity contribution in [2.45, 2.75) is 19.4 Å². The van der Waals surface area contributed by atoms with Crippen molar-refractivity contribution in [1.82, 2.24) is 5.32 Å². The van der Waals surface area contributed by atoms with E-state index in [4.69, 9.17) is 4.74 Å². The summed E-state index contributed by atoms with van der Waals surface area (Å²) in [5, 5.41) is 3.39. The summed E-state index contributed by atoms with van der Waals surface area (Å²) in [6, 6.07) is 8.50. The molecule has 0 atom stereocenters. The van der Waals surface area contributed by atoms with E-state index < -0.39 is 0 Å². The van der Waals surface area contributed by atoms with Gasteiger partial charge in [0.1, 0.15) is 12.4 Å². The molecule has 0 aromatic heterocycles. The van der Waals surface area contributed by atoms with Crippen molar-refractivity contribution in [2.24, 2.45) is 5.92 Å². The minimum absolute atomic E-state index is 0.620. The van der Waals surface area contributed by atoms with Crippen molar-refractivity contribution in [3.63, 3.8) is 0 Å². The molecule has 16 heavy (non-hydrogen) atoms. The number of ether oxygens (including phenoxy) is 1. The van der Waals surface area contributed by atoms with Gasteiger partial charge in [0.05, 0.1) is 0 Å². The lowest BCUT2D eigenvalue weighted by atomic mass is 9.93. The Hall–Kier alpha value is -1.28. The van der Waals surface area contributed by atoms with Gasteiger partial charge in [-0.25, -0.2) is 0 Å². The summed E-state index contributed by atoms with van der Waals surface area (Å²) in [5.74, 6) is 1.81. The lowest BCUT2D eigenvalue weighted by Gasteiger charge is -2.28. The monoisotopic (exact) mass is 215 g/mol. The van der Waals surface area contributed by atoms with Gasteiger partial charge in [0.15, 0.2) is 0 Å². The zero-order chi connectivity index (χ0) is 10.8. The minimum atomic E-state index is 0.620. The van der Waals surface area contributed by atoms with E-state index in [1.807, 2.05) is 0 Å². The first-order chi connectivity index (χ1) is 7.93. The number of hydrogen-bond acceptors (Lipinski definition) is 2. The number of piperidine rings is 1. The SMILES string of the molecule is C1=C(C2CCNCC2)OCc2ccccc21. The standard InChI is InChI=1S/C14H17NO/c1-2-4-13-10-16-14(9-12(13)3-1)11-5-7-15-8-6-11/h1-4,9,11,15H,5-8,10H2. The minimum Gasteiger partial charge on any atom is -0.493 e. The Kier molecular flexibility index (Phi) is 2.66. The van der Waals surface area contributed by atoms with Crippen LogP contribution in [-0.2, 0) is 11.3 Å². The van der Waals surface area contributed by atoms with Crippen molar-refractivity contribution >= 4 is 6.08 Å². The fourth-order valence-corrected chi connectivity index (χ4v) is 2.50. The molecule has 0 amide bonds. The zero-order valence-electron chi connectivity index (χ0n) is 9.41. The van der Waals surface area contributed by atoms with E-state index in [1.165, 1.54) is 29.7 Å². The number of fused-ring (bicyclic) bond motifs is 1. The van der Waals surface area contributed by atoms with Crippen molar-refractivity contribution in [2.75, 3.05) is 13.1 Å². The lowest BCUT2D eigenvalue weighted by molar-refractivity contribution is 0.151. The normalized spacial score (nSPS) is 20.9. The molecule has 0 unspecified atom stereocenters. The highest BCUT2D eigenvalue weighted by atomic mass is 16.5. The molecule has 0 saturated carbocycles. The predicted octanol–water partition coefficient (Wildman–Crippen LogP) is 2.56. The molecule has 84 valence electrons. The fraction of sp³-hybridized carbons (Fsp3) is 0.429. The van der Waals surface area contributed by atoms with Crippen LogP contribution >= 0.6 is 0 Å². The molecule has 0 aliphatic carbocycles. The van der Waals surface area contributed by atoms with Crippen LogP contribution in [0.3, 0.4) is 0 Å². The van der Waals surface area contributed by atoms with E-state index in [9.17, 15) is 0 Å². The van der Waals surface area contributed by atoms with Crippen molar-refractivity contribution in [1.29, 1.82) is 0 Å². The van der Waals surface area contributed by atoms with Crippen LogP contribution in [0.1, 0.15) is 24.0 Å². The highest BCUT2D eigenvalue weighted by Gasteiger charge is 2.21. The first-order valence-corrected chi connectivity index (χ1v) is 6.06. The highest BCUT2D eigenvalue weighted by Crippen LogP contribution is 2.30. The largest absolute Gasteiger partial charge is 0.493 e. The van der Waals surface area contributed by atoms with Gasteiger partial charge in [-0.15, -0.1) is 0 Å². The fourth-order valence-electron chi connectivity index (χ4n) is 2.50. The summed E-state index contributed by atoms with van der Waals surface area (Å²) in [6.07, 6.45) is 4.64. The third kappa shape index (κ3) is 1.85. The molecule has 2 aliphatic rings. The van der Waals surface area contributed by atoms with E-state index in [-0.39, 0.29) is 0 Å². The molecule has 0 bridgehead atoms. The Morgan fingerprint density at radius 2 is 1.94 bits per heavy atom. The van der Waals surface area contributed by atoms with Crippen LogP contribution in [0, 0.1) is 5.92 Å². The molecule has 0 spiro atoms. The van der Waals surface area contributed by atoms with Crippen molar-refractivity contribution in [3.8, 4) is 0 Å². The van der Waals surface area contributed by atoms with Gasteiger partial charge >= 0.3 is 0 Å². The highest BCUT2D eigenvalue weighted by molar-refractivity contribution is 5.57. The summed E-state index contributed by atoms with van der Waals surface area (Å²) in [5.41, 5.74) is 2.64. The van der Waals surface area contributed by atoms with Gasteiger partial charge in [-0.05, 0) is 43.1 Å². The summed E-state index contributed by atoms with van der Waals surface area (Å²) < 4.78 is 5.88. The molecule has 1 fully saturated rings. The average molecular weight is 215 g/mol. The van der Waals surface area contributed by atoms with Gasteiger partial charge in [-0.2, -0.15) is 0 Å². The van der Waals surface area contributed by atoms with Crippen LogP contribution in [0.15, 0.2) is 30.0 Å². The molecule has 1 N–H and O–H groups in total. The number of hydrogen-bond donors (Lipinski definition) is 1. The Morgan fingerprint density at radius 1 is 1.12 bits per heavy atom. The first-order valence-electron chi connectivity index (χ1n) is 6.06. The zero-order valence-corrected chi connectivity index (χ0v) is 9.41. The summed E-state index contributed by atoms with van der Waals surface area (Å²) in [7, 11) is 0. The van der Waals surface area contributed by atoms with E-state index in [0.717, 1.165) is 19.7 Å². The summed E-state index contributed by atoms with van der Waals surface area (Å²) in [6.45, 7) is 2.98. The van der Waals surface area contributed by atoms with E-state index in [0.29, 0.717) is 5.92 Å². The number of nitrogens with one attached hydrogen (secondary N) is 1. The van der Waals surface area contributed by atoms with Gasteiger partial charge in [0, 0.05) is 5.92 Å². The third-order valence-electron chi connectivity index (χ3n) is 3.49. The molecule has 2 nitrogen and oxygen atoms in total. The molecule has 0 radical (unpaired) electrons. The van der Waals surface area contributed by atoms with Gasteiger partial charge < -0.3 is 10.1 Å². The quantitative estimate of drug-likeness (QED) is 0.777. The van der Waals surface area contributed by atoms with Gasteiger partial charge in [0.25, 0.3) is 0 Å². The predicted molar refractivity (Wildman–Crippen MR) is 64.8 cm³/mol. The van der Waals surface area contributed by atoms with Gasteiger partial charge in [-0.1, -0.05) is 24.3 Å². The number of allylic oxidation sites excluding steroid dienone is 1. The van der Waals surface area contributed by atoms with Crippen molar-refractivity contribution in [3.05, 3.63) is 41.2 Å². The van der Waals surface area contributed by atoms with E-state index >= 15 is 0 Å². The van der Waals surface area contributed by atoms with E-state index in [2.05, 4.69) is 35.7 Å². The Balaban J connectivity index is 1.85. The van der Waals surface area contributed by atoms with Gasteiger partial charge in [-0.3, -0.25) is 0 Å². The Bertz CT molecular complexity index is 405. The molecular formula is C14H17NO. The Morgan fingerprint density at radius 3 is 2.81 bits per heavy atom. The van der Waals surface area contributed by atoms with Gasteiger partial charge in [0.2, 0.25) is 0 Å². The second kappa shape index (κ2) is 4.30. The number of benzene rings is 1. The summed E-state index contributed by atoms with van der Waals surface area (Å²) in [4.78, 5) is 0. The second-order valence-electron chi connectivity index (χ2n) is 4.56. The van der Waals surface area contributed by atoms with Crippen LogP contribution in [0.25, 0.3) is 6.08 Å². The molecule has 2 heterocycles. The third-order valence-corrected chi connectivity index (χ3v) is 3.49. The summed E-state index contributed by atoms with van der Waals surface area (Å²) >= 11 is 0. The molecular weight excluding hydrogens is 198 g/mol. The van der Waals surface area contributed by atoms with E-state index in [1.54, 1.807) is 0 Å². The molecule has 1 aromatic rings. The molecule has 2 aliphatic heterocycles. The van der Waals surface area contributed by atoms with Crippen LogP contribution in [0.5, 0.6) is 0 Å². The maximum Gasteiger partial charge on any atom is 0.113 e. The second-order valence-corrected chi connectivity index (χ2v) is 4.56. The molecule has 3 rings (SSSR count). The molecule has 1 saturated heterocycles. The molecule has 2 heteroatoms. The maximum atomic E-state index is 5.88. The smallest absolute Gasteiger partial charge is 0.113 e. The Labute approximate surface area is 96.3 Å².